The van der Waals surface area contributed by atoms with Gasteiger partial charge in [0, 0.05) is 36.4 Å². The molecule has 0 radical (unpaired) electrons. The number of ether oxygens (including phenoxy) is 3. The molecule has 2 aromatic heterocycles. The van der Waals surface area contributed by atoms with Crippen LogP contribution in [-0.2, 0) is 11.3 Å². The van der Waals surface area contributed by atoms with Crippen LogP contribution < -0.4 is 14.8 Å². The van der Waals surface area contributed by atoms with E-state index in [2.05, 4.69) is 15.4 Å². The number of hydrogen-bond acceptors (Lipinski definition) is 6. The first-order valence-electron chi connectivity index (χ1n) is 8.88. The quantitative estimate of drug-likeness (QED) is 0.641. The maximum Gasteiger partial charge on any atom is 0.253 e. The van der Waals surface area contributed by atoms with Crippen LogP contribution in [0.5, 0.6) is 11.5 Å². The average Bonchev–Trinajstić information content (AvgIpc) is 3.10. The summed E-state index contributed by atoms with van der Waals surface area (Å²) in [5.41, 5.74) is 2.13. The van der Waals surface area contributed by atoms with E-state index in [9.17, 15) is 4.79 Å². The fourth-order valence-corrected chi connectivity index (χ4v) is 2.95. The predicted molar refractivity (Wildman–Crippen MR) is 105 cm³/mol. The maximum atomic E-state index is 12.4. The van der Waals surface area contributed by atoms with Crippen LogP contribution in [0, 0.1) is 0 Å². The van der Waals surface area contributed by atoms with E-state index in [4.69, 9.17) is 14.2 Å². The van der Waals surface area contributed by atoms with Crippen LogP contribution in [0.4, 0.5) is 0 Å². The number of methoxy groups -OCH3 is 3. The largest absolute Gasteiger partial charge is 0.497 e. The molecule has 0 saturated heterocycles. The lowest BCUT2D eigenvalue weighted by atomic mass is 10.2. The van der Waals surface area contributed by atoms with Crippen molar-refractivity contribution in [1.82, 2.24) is 20.1 Å². The molecule has 0 aliphatic carbocycles. The van der Waals surface area contributed by atoms with Crippen molar-refractivity contribution in [2.24, 2.45) is 0 Å². The van der Waals surface area contributed by atoms with Gasteiger partial charge in [-0.3, -0.25) is 4.79 Å². The molecular weight excluding hydrogens is 360 g/mol. The predicted octanol–water partition coefficient (Wildman–Crippen LogP) is 2.26. The summed E-state index contributed by atoms with van der Waals surface area (Å²) in [6.07, 6.45) is 3.26. The zero-order chi connectivity index (χ0) is 20.1. The minimum absolute atomic E-state index is 0.0848. The van der Waals surface area contributed by atoms with Crippen LogP contribution in [0.25, 0.3) is 11.0 Å². The molecule has 1 amide bonds. The Bertz CT molecular complexity index is 970. The summed E-state index contributed by atoms with van der Waals surface area (Å²) < 4.78 is 17.5. The van der Waals surface area contributed by atoms with Crippen molar-refractivity contribution in [1.29, 1.82) is 0 Å². The van der Waals surface area contributed by atoms with Gasteiger partial charge in [0.2, 0.25) is 0 Å². The Morgan fingerprint density at radius 2 is 2.00 bits per heavy atom. The minimum Gasteiger partial charge on any atom is -0.497 e. The standard InChI is InChI=1S/C20H24N4O4/c1-13(12-26-2)23-20(25)16-7-15-10-22-24(19(15)21-9-16)11-14-5-6-17(27-3)8-18(14)28-4/h5-10,13H,11-12H2,1-4H3,(H,23,25). The Kier molecular flexibility index (Phi) is 6.10. The number of benzene rings is 1. The number of amides is 1. The van der Waals surface area contributed by atoms with Gasteiger partial charge < -0.3 is 19.5 Å². The van der Waals surface area contributed by atoms with Crippen molar-refractivity contribution < 1.29 is 19.0 Å². The number of carbonyl (C=O) groups is 1. The first-order chi connectivity index (χ1) is 13.5. The molecule has 3 aromatic rings. The van der Waals surface area contributed by atoms with E-state index < -0.39 is 0 Å². The van der Waals surface area contributed by atoms with Gasteiger partial charge in [-0.25, -0.2) is 9.67 Å². The SMILES string of the molecule is COCC(C)NC(=O)c1cnc2c(cnn2Cc2ccc(OC)cc2OC)c1. The molecule has 1 unspecified atom stereocenters. The topological polar surface area (TPSA) is 87.5 Å². The molecule has 1 N–H and O–H groups in total. The Hall–Kier alpha value is -3.13. The van der Waals surface area contributed by atoms with Crippen molar-refractivity contribution in [3.05, 3.63) is 47.8 Å². The molecule has 0 fully saturated rings. The van der Waals surface area contributed by atoms with Gasteiger partial charge in [0.15, 0.2) is 5.65 Å². The van der Waals surface area contributed by atoms with Crippen LogP contribution in [-0.4, -0.2) is 54.6 Å². The van der Waals surface area contributed by atoms with Crippen molar-refractivity contribution in [3.63, 3.8) is 0 Å². The number of nitrogens with zero attached hydrogens (tertiary/aromatic N) is 3. The highest BCUT2D eigenvalue weighted by Crippen LogP contribution is 2.26. The second-order valence-electron chi connectivity index (χ2n) is 6.45. The molecule has 1 atom stereocenters. The van der Waals surface area contributed by atoms with Crippen molar-refractivity contribution >= 4 is 16.9 Å². The number of carbonyl (C=O) groups excluding carboxylic acids is 1. The number of hydrogen-bond donors (Lipinski definition) is 1. The van der Waals surface area contributed by atoms with Crippen LogP contribution in [0.3, 0.4) is 0 Å². The van der Waals surface area contributed by atoms with Gasteiger partial charge in [0.05, 0.1) is 39.1 Å². The lowest BCUT2D eigenvalue weighted by Crippen LogP contribution is -2.35. The number of pyridine rings is 1. The molecule has 8 nitrogen and oxygen atoms in total. The second-order valence-corrected chi connectivity index (χ2v) is 6.45. The highest BCUT2D eigenvalue weighted by molar-refractivity contribution is 5.96. The highest BCUT2D eigenvalue weighted by Gasteiger charge is 2.14. The van der Waals surface area contributed by atoms with Gasteiger partial charge in [-0.05, 0) is 25.1 Å². The van der Waals surface area contributed by atoms with Gasteiger partial charge in [-0.2, -0.15) is 5.10 Å². The van der Waals surface area contributed by atoms with Crippen LogP contribution in [0.15, 0.2) is 36.7 Å². The Labute approximate surface area is 163 Å². The summed E-state index contributed by atoms with van der Waals surface area (Å²) in [7, 11) is 4.83. The van der Waals surface area contributed by atoms with E-state index in [0.29, 0.717) is 30.1 Å². The van der Waals surface area contributed by atoms with Gasteiger partial charge >= 0.3 is 0 Å². The molecule has 28 heavy (non-hydrogen) atoms. The number of fused-ring (bicyclic) bond motifs is 1. The molecule has 1 aromatic carbocycles. The Morgan fingerprint density at radius 1 is 1.18 bits per heavy atom. The molecule has 0 aliphatic heterocycles. The van der Waals surface area contributed by atoms with Gasteiger partial charge in [-0.1, -0.05) is 0 Å². The van der Waals surface area contributed by atoms with E-state index in [1.54, 1.807) is 44.5 Å². The number of aromatic nitrogens is 3. The Morgan fingerprint density at radius 3 is 2.71 bits per heavy atom. The molecule has 148 valence electrons. The van der Waals surface area contributed by atoms with Crippen molar-refractivity contribution in [3.8, 4) is 11.5 Å². The third-order valence-corrected chi connectivity index (χ3v) is 4.35. The maximum absolute atomic E-state index is 12.4. The van der Waals surface area contributed by atoms with Crippen molar-refractivity contribution in [2.45, 2.75) is 19.5 Å². The molecule has 2 heterocycles. The third-order valence-electron chi connectivity index (χ3n) is 4.35. The first kappa shape index (κ1) is 19.6. The van der Waals surface area contributed by atoms with E-state index in [1.807, 2.05) is 25.1 Å². The normalized spacial score (nSPS) is 12.0. The summed E-state index contributed by atoms with van der Waals surface area (Å²) in [4.78, 5) is 16.8. The van der Waals surface area contributed by atoms with E-state index in [-0.39, 0.29) is 11.9 Å². The minimum atomic E-state index is -0.191. The van der Waals surface area contributed by atoms with Crippen LogP contribution in [0.1, 0.15) is 22.8 Å². The smallest absolute Gasteiger partial charge is 0.253 e. The summed E-state index contributed by atoms with van der Waals surface area (Å²) in [6, 6.07) is 7.34. The van der Waals surface area contributed by atoms with E-state index >= 15 is 0 Å². The van der Waals surface area contributed by atoms with Crippen LogP contribution in [0.2, 0.25) is 0 Å². The molecule has 0 aliphatic rings. The lowest BCUT2D eigenvalue weighted by Gasteiger charge is -2.12. The fraction of sp³-hybridized carbons (Fsp3) is 0.350. The summed E-state index contributed by atoms with van der Waals surface area (Å²) in [5, 5.41) is 8.08. The summed E-state index contributed by atoms with van der Waals surface area (Å²) in [6.45, 7) is 2.82. The highest BCUT2D eigenvalue weighted by atomic mass is 16.5. The number of rotatable bonds is 8. The third kappa shape index (κ3) is 4.23. The first-order valence-corrected chi connectivity index (χ1v) is 8.88. The van der Waals surface area contributed by atoms with E-state index in [1.165, 1.54) is 0 Å². The molecule has 8 heteroatoms. The summed E-state index contributed by atoms with van der Waals surface area (Å²) >= 11 is 0. The average molecular weight is 384 g/mol. The van der Waals surface area contributed by atoms with Gasteiger partial charge in [0.1, 0.15) is 11.5 Å². The zero-order valence-corrected chi connectivity index (χ0v) is 16.4. The lowest BCUT2D eigenvalue weighted by molar-refractivity contribution is 0.0905. The number of nitrogens with one attached hydrogen (secondary N) is 1. The molecule has 0 saturated carbocycles. The molecule has 0 bridgehead atoms. The Balaban J connectivity index is 1.82. The van der Waals surface area contributed by atoms with Gasteiger partial charge in [-0.15, -0.1) is 0 Å². The summed E-state index contributed by atoms with van der Waals surface area (Å²) in [5.74, 6) is 1.25. The molecular formula is C20H24N4O4. The van der Waals surface area contributed by atoms with Gasteiger partial charge in [0.25, 0.3) is 5.91 Å². The van der Waals surface area contributed by atoms with Crippen LogP contribution >= 0.6 is 0 Å². The zero-order valence-electron chi connectivity index (χ0n) is 16.4. The fourth-order valence-electron chi connectivity index (χ4n) is 2.95. The monoisotopic (exact) mass is 384 g/mol. The molecule has 3 rings (SSSR count). The van der Waals surface area contributed by atoms with Crippen molar-refractivity contribution in [2.75, 3.05) is 27.9 Å². The second kappa shape index (κ2) is 8.71. The molecule has 0 spiro atoms. The van der Waals surface area contributed by atoms with E-state index in [0.717, 1.165) is 16.7 Å².